The molecule has 2 heterocycles. The number of rotatable bonds is 16. The molecule has 0 spiro atoms. The second-order valence-corrected chi connectivity index (χ2v) is 18.6. The minimum Gasteiger partial charge on any atom is -0.444 e. The number of hydrogen-bond acceptors (Lipinski definition) is 11. The Balaban J connectivity index is 1.46. The SMILES string of the molecule is Cc1ccc(S(=O)(=O)C2=C(C(=O)N[C@@H](CCCCNC(=O)OC(C)(C)C)C(O)C(=O)NCc3ccc(C(N)=O)cc3)N3C(=O)C(N)(Cc4ccc(C(F)(F)F)cc4)CCN3C2)cc1. The molecule has 20 heteroatoms. The Labute approximate surface area is 363 Å². The van der Waals surface area contributed by atoms with Gasteiger partial charge in [0.15, 0.2) is 6.10 Å². The summed E-state index contributed by atoms with van der Waals surface area (Å²) in [6.07, 6.45) is -7.10. The molecular weight excluding hydrogens is 848 g/mol. The van der Waals surface area contributed by atoms with E-state index in [0.717, 1.165) is 22.7 Å². The molecular formula is C43H52F3N7O9S. The van der Waals surface area contributed by atoms with E-state index in [1.807, 2.05) is 0 Å². The van der Waals surface area contributed by atoms with E-state index in [0.29, 0.717) is 12.0 Å². The molecule has 340 valence electrons. The number of primary amides is 1. The molecule has 3 aromatic rings. The third-order valence-electron chi connectivity index (χ3n) is 10.5. The number of ether oxygens (including phenoxy) is 1. The Kier molecular flexibility index (Phi) is 14.8. The number of halogens is 3. The van der Waals surface area contributed by atoms with E-state index in [9.17, 15) is 50.7 Å². The lowest BCUT2D eigenvalue weighted by Gasteiger charge is -2.43. The number of hydrogen-bond donors (Lipinski definition) is 6. The van der Waals surface area contributed by atoms with Gasteiger partial charge in [-0.25, -0.2) is 23.2 Å². The number of aryl methyl sites for hydroxylation is 1. The molecule has 1 saturated heterocycles. The number of alkyl carbamates (subject to hydrolysis) is 1. The number of nitrogens with zero attached hydrogens (tertiary/aromatic N) is 2. The molecule has 0 aromatic heterocycles. The molecule has 8 N–H and O–H groups in total. The molecule has 16 nitrogen and oxygen atoms in total. The summed E-state index contributed by atoms with van der Waals surface area (Å²) in [5.74, 6) is -3.62. The maximum absolute atomic E-state index is 14.6. The fourth-order valence-corrected chi connectivity index (χ4v) is 8.60. The number of nitrogens with one attached hydrogen (secondary N) is 3. The molecule has 2 unspecified atom stereocenters. The number of sulfone groups is 1. The molecule has 5 amide bonds. The van der Waals surface area contributed by atoms with Gasteiger partial charge in [-0.15, -0.1) is 0 Å². The molecule has 0 saturated carbocycles. The molecule has 2 aliphatic rings. The summed E-state index contributed by atoms with van der Waals surface area (Å²) in [6.45, 7) is 6.40. The first-order valence-electron chi connectivity index (χ1n) is 20.1. The van der Waals surface area contributed by atoms with E-state index >= 15 is 0 Å². The van der Waals surface area contributed by atoms with Crippen molar-refractivity contribution in [2.45, 2.75) is 101 Å². The first-order chi connectivity index (χ1) is 29.4. The Hall–Kier alpha value is -5.83. The molecule has 0 bridgehead atoms. The molecule has 3 atom stereocenters. The number of aliphatic hydroxyl groups excluding tert-OH is 1. The summed E-state index contributed by atoms with van der Waals surface area (Å²) in [5.41, 5.74) is 9.74. The van der Waals surface area contributed by atoms with Crippen LogP contribution in [0.4, 0.5) is 18.0 Å². The van der Waals surface area contributed by atoms with Crippen LogP contribution in [0.5, 0.6) is 0 Å². The average molecular weight is 900 g/mol. The van der Waals surface area contributed by atoms with Crippen molar-refractivity contribution in [3.63, 3.8) is 0 Å². The number of hydrazine groups is 1. The summed E-state index contributed by atoms with van der Waals surface area (Å²) >= 11 is 0. The Morgan fingerprint density at radius 2 is 1.54 bits per heavy atom. The van der Waals surface area contributed by atoms with E-state index in [1.165, 1.54) is 41.4 Å². The lowest BCUT2D eigenvalue weighted by atomic mass is 9.85. The van der Waals surface area contributed by atoms with E-state index in [2.05, 4.69) is 16.0 Å². The van der Waals surface area contributed by atoms with Crippen LogP contribution in [-0.2, 0) is 48.1 Å². The largest absolute Gasteiger partial charge is 0.444 e. The predicted molar refractivity (Wildman–Crippen MR) is 223 cm³/mol. The summed E-state index contributed by atoms with van der Waals surface area (Å²) in [4.78, 5) is 65.7. The predicted octanol–water partition coefficient (Wildman–Crippen LogP) is 3.36. The summed E-state index contributed by atoms with van der Waals surface area (Å²) in [6, 6.07) is 14.5. The Morgan fingerprint density at radius 1 is 0.921 bits per heavy atom. The quantitative estimate of drug-likeness (QED) is 0.114. The summed E-state index contributed by atoms with van der Waals surface area (Å²) in [7, 11) is -4.50. The van der Waals surface area contributed by atoms with Crippen molar-refractivity contribution in [1.29, 1.82) is 0 Å². The topological polar surface area (TPSA) is 244 Å². The van der Waals surface area contributed by atoms with Gasteiger partial charge in [0, 0.05) is 25.2 Å². The van der Waals surface area contributed by atoms with Gasteiger partial charge in [-0.3, -0.25) is 19.2 Å². The number of amides is 5. The van der Waals surface area contributed by atoms with Gasteiger partial charge >= 0.3 is 12.3 Å². The Morgan fingerprint density at radius 3 is 2.13 bits per heavy atom. The number of nitrogens with two attached hydrogens (primary N) is 2. The number of fused-ring (bicyclic) bond motifs is 1. The third kappa shape index (κ3) is 12.0. The van der Waals surface area contributed by atoms with Crippen LogP contribution in [0.15, 0.2) is 88.3 Å². The molecule has 0 radical (unpaired) electrons. The van der Waals surface area contributed by atoms with Crippen LogP contribution in [0, 0.1) is 6.92 Å². The van der Waals surface area contributed by atoms with Crippen LogP contribution in [0.2, 0.25) is 0 Å². The molecule has 5 rings (SSSR count). The van der Waals surface area contributed by atoms with Gasteiger partial charge in [-0.2, -0.15) is 13.2 Å². The lowest BCUT2D eigenvalue weighted by molar-refractivity contribution is -0.157. The van der Waals surface area contributed by atoms with E-state index < -0.39 is 91.7 Å². The van der Waals surface area contributed by atoms with Crippen LogP contribution >= 0.6 is 0 Å². The van der Waals surface area contributed by atoms with E-state index in [1.54, 1.807) is 52.0 Å². The number of carbonyl (C=O) groups is 5. The zero-order valence-corrected chi connectivity index (χ0v) is 36.1. The molecule has 63 heavy (non-hydrogen) atoms. The first kappa shape index (κ1) is 48.2. The number of benzene rings is 3. The van der Waals surface area contributed by atoms with Crippen LogP contribution in [-0.4, -0.2) is 96.2 Å². The molecule has 0 aliphatic carbocycles. The molecule has 1 fully saturated rings. The van der Waals surface area contributed by atoms with Crippen molar-refractivity contribution in [1.82, 2.24) is 26.0 Å². The van der Waals surface area contributed by atoms with Gasteiger partial charge < -0.3 is 37.3 Å². The second-order valence-electron chi connectivity index (χ2n) is 16.6. The highest BCUT2D eigenvalue weighted by atomic mass is 32.2. The van der Waals surface area contributed by atoms with Gasteiger partial charge in [-0.05, 0) is 107 Å². The normalized spacial score (nSPS) is 18.0. The smallest absolute Gasteiger partial charge is 0.416 e. The van der Waals surface area contributed by atoms with Crippen LogP contribution in [0.3, 0.4) is 0 Å². The van der Waals surface area contributed by atoms with E-state index in [4.69, 9.17) is 16.2 Å². The van der Waals surface area contributed by atoms with E-state index in [-0.39, 0.29) is 61.3 Å². The van der Waals surface area contributed by atoms with Crippen LogP contribution in [0.1, 0.15) is 79.1 Å². The first-order valence-corrected chi connectivity index (χ1v) is 21.6. The fraction of sp³-hybridized carbons (Fsp3) is 0.419. The fourth-order valence-electron chi connectivity index (χ4n) is 7.06. The van der Waals surface area contributed by atoms with Gasteiger partial charge in [0.25, 0.3) is 17.7 Å². The van der Waals surface area contributed by atoms with Gasteiger partial charge in [-0.1, -0.05) is 42.0 Å². The van der Waals surface area contributed by atoms with Crippen molar-refractivity contribution >= 4 is 39.6 Å². The molecule has 2 aliphatic heterocycles. The lowest BCUT2D eigenvalue weighted by Crippen LogP contribution is -2.65. The maximum Gasteiger partial charge on any atom is 0.416 e. The third-order valence-corrected chi connectivity index (χ3v) is 12.3. The second kappa shape index (κ2) is 19.3. The zero-order valence-electron chi connectivity index (χ0n) is 35.3. The highest BCUT2D eigenvalue weighted by Crippen LogP contribution is 2.38. The number of alkyl halides is 3. The number of unbranched alkanes of at least 4 members (excludes halogenated alkanes) is 1. The monoisotopic (exact) mass is 899 g/mol. The van der Waals surface area contributed by atoms with Crippen molar-refractivity contribution in [3.8, 4) is 0 Å². The minimum absolute atomic E-state index is 0.0356. The van der Waals surface area contributed by atoms with Gasteiger partial charge in [0.1, 0.15) is 16.8 Å². The van der Waals surface area contributed by atoms with Gasteiger partial charge in [0.2, 0.25) is 15.7 Å². The van der Waals surface area contributed by atoms with Crippen molar-refractivity contribution < 1.29 is 55.4 Å². The van der Waals surface area contributed by atoms with Crippen molar-refractivity contribution in [2.24, 2.45) is 11.5 Å². The van der Waals surface area contributed by atoms with Gasteiger partial charge in [0.05, 0.1) is 28.0 Å². The number of carbonyl (C=O) groups excluding carboxylic acids is 5. The van der Waals surface area contributed by atoms with Crippen molar-refractivity contribution in [3.05, 3.63) is 111 Å². The van der Waals surface area contributed by atoms with Crippen LogP contribution < -0.4 is 27.4 Å². The minimum atomic E-state index is -4.61. The number of aliphatic hydroxyl groups is 1. The molecule has 3 aromatic carbocycles. The standard InChI is InChI=1S/C43H52F3N7O9S/c1-26-8-18-31(19-9-26)63(60,61)33-25-52-22-20-42(48,23-27-12-16-30(17-13-27)43(44,45)46)39(58)53(52)34(33)37(56)51-32(7-5-6-21-49-40(59)62-41(2,3)4)35(54)38(57)50-24-28-10-14-29(15-11-28)36(47)55/h8-19,32,35,54H,5-7,20-25,48H2,1-4H3,(H2,47,55)(H,49,59)(H,50,57)(H,51,56)/t32-,35?,42?/m0/s1. The average Bonchev–Trinajstić information content (AvgIpc) is 3.61. The highest BCUT2D eigenvalue weighted by molar-refractivity contribution is 7.95. The zero-order chi connectivity index (χ0) is 46.5. The Bertz CT molecular complexity index is 2330. The van der Waals surface area contributed by atoms with Crippen molar-refractivity contribution in [2.75, 3.05) is 19.6 Å². The highest BCUT2D eigenvalue weighted by Gasteiger charge is 2.52. The summed E-state index contributed by atoms with van der Waals surface area (Å²) < 4.78 is 73.9. The maximum atomic E-state index is 14.6. The van der Waals surface area contributed by atoms with Crippen LogP contribution in [0.25, 0.3) is 0 Å². The summed E-state index contributed by atoms with van der Waals surface area (Å²) in [5, 5.41) is 21.5.